The summed E-state index contributed by atoms with van der Waals surface area (Å²) in [6, 6.07) is 6.78. The third kappa shape index (κ3) is 3.95. The van der Waals surface area contributed by atoms with E-state index in [1.54, 1.807) is 0 Å². The van der Waals surface area contributed by atoms with Crippen LogP contribution in [0.3, 0.4) is 0 Å². The van der Waals surface area contributed by atoms with E-state index in [0.717, 1.165) is 31.7 Å². The van der Waals surface area contributed by atoms with Crippen LogP contribution in [-0.2, 0) is 4.74 Å². The van der Waals surface area contributed by atoms with Crippen LogP contribution in [0.1, 0.15) is 43.9 Å². The highest BCUT2D eigenvalue weighted by Gasteiger charge is 2.20. The number of hydrogen-bond acceptors (Lipinski definition) is 3. The Bertz CT molecular complexity index is 400. The molecule has 2 unspecified atom stereocenters. The van der Waals surface area contributed by atoms with Gasteiger partial charge in [-0.25, -0.2) is 0 Å². The summed E-state index contributed by atoms with van der Waals surface area (Å²) in [6.45, 7) is 9.03. The van der Waals surface area contributed by atoms with Crippen LogP contribution in [0.25, 0.3) is 0 Å². The van der Waals surface area contributed by atoms with Gasteiger partial charge in [-0.3, -0.25) is 0 Å². The predicted octanol–water partition coefficient (Wildman–Crippen LogP) is 3.22. The van der Waals surface area contributed by atoms with Gasteiger partial charge in [0.25, 0.3) is 0 Å². The first-order valence-corrected chi connectivity index (χ1v) is 7.29. The lowest BCUT2D eigenvalue weighted by atomic mass is 10.0. The quantitative estimate of drug-likeness (QED) is 0.855. The normalized spacial score (nSPS) is 20.5. The Morgan fingerprint density at radius 1 is 1.47 bits per heavy atom. The fourth-order valence-corrected chi connectivity index (χ4v) is 2.36. The summed E-state index contributed by atoms with van der Waals surface area (Å²) in [5.41, 5.74) is 2.48. The number of nitrogens with one attached hydrogen (secondary N) is 1. The monoisotopic (exact) mass is 263 g/mol. The molecule has 0 aromatic heterocycles. The van der Waals surface area contributed by atoms with E-state index in [9.17, 15) is 0 Å². The van der Waals surface area contributed by atoms with Crippen molar-refractivity contribution in [2.45, 2.75) is 45.8 Å². The second-order valence-electron chi connectivity index (χ2n) is 5.32. The minimum absolute atomic E-state index is 0.207. The van der Waals surface area contributed by atoms with Gasteiger partial charge in [0.05, 0.1) is 13.2 Å². The molecule has 3 nitrogen and oxygen atoms in total. The molecule has 1 aromatic carbocycles. The van der Waals surface area contributed by atoms with Gasteiger partial charge in [0.2, 0.25) is 0 Å². The van der Waals surface area contributed by atoms with Gasteiger partial charge in [-0.1, -0.05) is 19.1 Å². The largest absolute Gasteiger partial charge is 0.488 e. The molecule has 19 heavy (non-hydrogen) atoms. The van der Waals surface area contributed by atoms with E-state index in [1.165, 1.54) is 11.1 Å². The summed E-state index contributed by atoms with van der Waals surface area (Å²) in [4.78, 5) is 0. The van der Waals surface area contributed by atoms with E-state index in [2.05, 4.69) is 44.3 Å². The highest BCUT2D eigenvalue weighted by atomic mass is 16.5. The van der Waals surface area contributed by atoms with Crippen LogP contribution in [0.15, 0.2) is 18.2 Å². The van der Waals surface area contributed by atoms with Crippen molar-refractivity contribution in [2.75, 3.05) is 19.8 Å². The van der Waals surface area contributed by atoms with Crippen LogP contribution in [-0.4, -0.2) is 25.9 Å². The first-order chi connectivity index (χ1) is 9.20. The lowest BCUT2D eigenvalue weighted by molar-refractivity contribution is 0.140. The Hall–Kier alpha value is -1.06. The summed E-state index contributed by atoms with van der Waals surface area (Å²) < 4.78 is 11.5. The maximum Gasteiger partial charge on any atom is 0.124 e. The predicted molar refractivity (Wildman–Crippen MR) is 77.7 cm³/mol. The highest BCUT2D eigenvalue weighted by Crippen LogP contribution is 2.28. The molecule has 0 amide bonds. The molecule has 1 heterocycles. The molecule has 106 valence electrons. The van der Waals surface area contributed by atoms with Gasteiger partial charge >= 0.3 is 0 Å². The number of rotatable bonds is 6. The molecule has 1 aromatic rings. The summed E-state index contributed by atoms with van der Waals surface area (Å²) >= 11 is 0. The van der Waals surface area contributed by atoms with Crippen molar-refractivity contribution in [3.63, 3.8) is 0 Å². The lowest BCUT2D eigenvalue weighted by Crippen LogP contribution is -2.22. The molecule has 2 rings (SSSR count). The van der Waals surface area contributed by atoms with Crippen molar-refractivity contribution in [1.82, 2.24) is 5.32 Å². The standard InChI is InChI=1S/C16H25NO2/c1-4-8-17-13(3)15-6-5-12(2)10-16(15)19-14-7-9-18-11-14/h5-6,10,13-14,17H,4,7-9,11H2,1-3H3. The zero-order valence-corrected chi connectivity index (χ0v) is 12.2. The Balaban J connectivity index is 2.11. The van der Waals surface area contributed by atoms with Crippen LogP contribution in [0.4, 0.5) is 0 Å². The molecule has 1 saturated heterocycles. The van der Waals surface area contributed by atoms with Gasteiger partial charge < -0.3 is 14.8 Å². The van der Waals surface area contributed by atoms with Crippen molar-refractivity contribution in [3.8, 4) is 5.75 Å². The van der Waals surface area contributed by atoms with Crippen molar-refractivity contribution in [2.24, 2.45) is 0 Å². The molecule has 0 bridgehead atoms. The van der Waals surface area contributed by atoms with E-state index in [0.29, 0.717) is 12.6 Å². The van der Waals surface area contributed by atoms with Gasteiger partial charge in [-0.2, -0.15) is 0 Å². The topological polar surface area (TPSA) is 30.5 Å². The summed E-state index contributed by atoms with van der Waals surface area (Å²) in [5.74, 6) is 1.01. The number of hydrogen-bond donors (Lipinski definition) is 1. The lowest BCUT2D eigenvalue weighted by Gasteiger charge is -2.21. The Kier molecular flexibility index (Phi) is 5.23. The van der Waals surface area contributed by atoms with Crippen LogP contribution in [0.2, 0.25) is 0 Å². The SMILES string of the molecule is CCCNC(C)c1ccc(C)cc1OC1CCOC1. The van der Waals surface area contributed by atoms with Crippen LogP contribution in [0.5, 0.6) is 5.75 Å². The molecule has 0 spiro atoms. The molecule has 1 aliphatic rings. The maximum absolute atomic E-state index is 6.12. The zero-order chi connectivity index (χ0) is 13.7. The van der Waals surface area contributed by atoms with Gasteiger partial charge in [0, 0.05) is 18.0 Å². The van der Waals surface area contributed by atoms with E-state index in [-0.39, 0.29) is 6.10 Å². The summed E-state index contributed by atoms with van der Waals surface area (Å²) in [6.07, 6.45) is 2.34. The summed E-state index contributed by atoms with van der Waals surface area (Å²) in [5, 5.41) is 3.52. The van der Waals surface area contributed by atoms with E-state index < -0.39 is 0 Å². The average Bonchev–Trinajstić information content (AvgIpc) is 2.89. The number of benzene rings is 1. The Labute approximate surface area is 116 Å². The fourth-order valence-electron chi connectivity index (χ4n) is 2.36. The van der Waals surface area contributed by atoms with Crippen molar-refractivity contribution in [3.05, 3.63) is 29.3 Å². The van der Waals surface area contributed by atoms with E-state index in [1.807, 2.05) is 0 Å². The summed E-state index contributed by atoms with van der Waals surface area (Å²) in [7, 11) is 0. The molecule has 1 fully saturated rings. The van der Waals surface area contributed by atoms with Gasteiger partial charge in [-0.05, 0) is 38.4 Å². The third-order valence-electron chi connectivity index (χ3n) is 3.52. The first-order valence-electron chi connectivity index (χ1n) is 7.29. The minimum atomic E-state index is 0.207. The molecular weight excluding hydrogens is 238 g/mol. The fraction of sp³-hybridized carbons (Fsp3) is 0.625. The van der Waals surface area contributed by atoms with Crippen LogP contribution >= 0.6 is 0 Å². The Morgan fingerprint density at radius 3 is 3.00 bits per heavy atom. The van der Waals surface area contributed by atoms with Gasteiger partial charge in [-0.15, -0.1) is 0 Å². The van der Waals surface area contributed by atoms with Crippen molar-refractivity contribution >= 4 is 0 Å². The number of ether oxygens (including phenoxy) is 2. The molecule has 1 aliphatic heterocycles. The van der Waals surface area contributed by atoms with Gasteiger partial charge in [0.1, 0.15) is 11.9 Å². The van der Waals surface area contributed by atoms with E-state index in [4.69, 9.17) is 9.47 Å². The second-order valence-corrected chi connectivity index (χ2v) is 5.32. The third-order valence-corrected chi connectivity index (χ3v) is 3.52. The van der Waals surface area contributed by atoms with Gasteiger partial charge in [0.15, 0.2) is 0 Å². The molecule has 2 atom stereocenters. The second kappa shape index (κ2) is 6.92. The molecule has 3 heteroatoms. The Morgan fingerprint density at radius 2 is 2.32 bits per heavy atom. The molecule has 1 N–H and O–H groups in total. The average molecular weight is 263 g/mol. The van der Waals surface area contributed by atoms with Crippen molar-refractivity contribution in [1.29, 1.82) is 0 Å². The van der Waals surface area contributed by atoms with E-state index >= 15 is 0 Å². The highest BCUT2D eigenvalue weighted by molar-refractivity contribution is 5.39. The zero-order valence-electron chi connectivity index (χ0n) is 12.2. The molecular formula is C16H25NO2. The minimum Gasteiger partial charge on any atom is -0.488 e. The van der Waals surface area contributed by atoms with Crippen LogP contribution in [0, 0.1) is 6.92 Å². The molecule has 0 radical (unpaired) electrons. The smallest absolute Gasteiger partial charge is 0.124 e. The number of aryl methyl sites for hydroxylation is 1. The first kappa shape index (κ1) is 14.4. The maximum atomic E-state index is 6.12. The van der Waals surface area contributed by atoms with Crippen LogP contribution < -0.4 is 10.1 Å². The van der Waals surface area contributed by atoms with Crippen molar-refractivity contribution < 1.29 is 9.47 Å². The molecule has 0 saturated carbocycles. The molecule has 0 aliphatic carbocycles.